The molecule has 6 rings (SSSR count). The lowest BCUT2D eigenvalue weighted by atomic mass is 9.93. The SMILES string of the molecule is C[C@H]1O[C@H](O[C@H]2[C@H](O)[C@@H](O)[C@@H](O[C@H]3[C@H](O)[C@@H](O)[C@H](O)O[C@@H]3CO)O[C@@H]2CO)[C@H](O)[C@@H](O)[C@@H]1N[C@H]1O[C@H](CO)[C@@H](O[C@H]2O[C@H](CO)[C@@H](O[C@H]3O[C@H](CO)[C@@H](O)[C@H](O)[C@H]3O)[C@H](O)[C@H]2O)[C@H](O)[C@H]1O. The highest BCUT2D eigenvalue weighted by molar-refractivity contribution is 5.01. The average Bonchev–Trinajstić information content (AvgIpc) is 3.30. The molecule has 0 bridgehead atoms. The number of hydrogen-bond acceptors (Lipinski definition) is 30. The molecule has 0 aromatic carbocycles. The Kier molecular flexibility index (Phi) is 18.8. The van der Waals surface area contributed by atoms with Crippen LogP contribution in [-0.2, 0) is 47.4 Å². The molecule has 0 spiro atoms. The van der Waals surface area contributed by atoms with E-state index in [4.69, 9.17) is 47.4 Å². The van der Waals surface area contributed by atoms with Crippen molar-refractivity contribution in [3.05, 3.63) is 0 Å². The first kappa shape index (κ1) is 54.1. The molecule has 0 unspecified atom stereocenters. The molecule has 6 heterocycles. The smallest absolute Gasteiger partial charge is 0.187 e. The lowest BCUT2D eigenvalue weighted by Crippen LogP contribution is -2.71. The third kappa shape index (κ3) is 10.8. The third-order valence-corrected chi connectivity index (χ3v) is 12.6. The topological polar surface area (TPSA) is 489 Å². The summed E-state index contributed by atoms with van der Waals surface area (Å²) in [7, 11) is 0. The second-order valence-electron chi connectivity index (χ2n) is 16.9. The summed E-state index contributed by atoms with van der Waals surface area (Å²) in [5.74, 6) is 0. The van der Waals surface area contributed by atoms with E-state index < -0.39 is 217 Å². The predicted molar refractivity (Wildman–Crippen MR) is 200 cm³/mol. The van der Waals surface area contributed by atoms with Crippen LogP contribution in [-0.4, -0.2) is 314 Å². The molecule has 30 heteroatoms. The van der Waals surface area contributed by atoms with Gasteiger partial charge in [-0.15, -0.1) is 0 Å². The molecule has 66 heavy (non-hydrogen) atoms. The van der Waals surface area contributed by atoms with E-state index in [0.29, 0.717) is 0 Å². The molecule has 0 amide bonds. The van der Waals surface area contributed by atoms with Crippen LogP contribution in [0.1, 0.15) is 6.92 Å². The molecule has 6 aliphatic heterocycles. The van der Waals surface area contributed by atoms with Gasteiger partial charge in [-0.2, -0.15) is 0 Å². The summed E-state index contributed by atoms with van der Waals surface area (Å²) in [6.45, 7) is -3.07. The summed E-state index contributed by atoms with van der Waals surface area (Å²) in [5.41, 5.74) is 0. The Labute approximate surface area is 373 Å². The van der Waals surface area contributed by atoms with Crippen molar-refractivity contribution in [2.75, 3.05) is 33.0 Å². The lowest BCUT2D eigenvalue weighted by molar-refractivity contribution is -0.376. The van der Waals surface area contributed by atoms with Crippen LogP contribution in [0.3, 0.4) is 0 Å². The van der Waals surface area contributed by atoms with Gasteiger partial charge in [0.25, 0.3) is 0 Å². The first-order chi connectivity index (χ1) is 31.2. The molecule has 6 saturated heterocycles. The molecule has 0 aromatic heterocycles. The maximum absolute atomic E-state index is 11.2. The van der Waals surface area contributed by atoms with Gasteiger partial charge in [-0.1, -0.05) is 0 Å². The normalized spacial score (nSPS) is 54.0. The second-order valence-corrected chi connectivity index (χ2v) is 16.9. The zero-order valence-corrected chi connectivity index (χ0v) is 34.9. The summed E-state index contributed by atoms with van der Waals surface area (Å²) in [4.78, 5) is 0. The highest BCUT2D eigenvalue weighted by Crippen LogP contribution is 2.35. The fourth-order valence-electron chi connectivity index (χ4n) is 8.66. The van der Waals surface area contributed by atoms with Crippen molar-refractivity contribution in [3.8, 4) is 0 Å². The highest BCUT2D eigenvalue weighted by atomic mass is 16.8. The van der Waals surface area contributed by atoms with Crippen LogP contribution < -0.4 is 5.32 Å². The van der Waals surface area contributed by atoms with E-state index in [1.165, 1.54) is 6.92 Å². The molecular formula is C36H63NO29. The molecule has 386 valence electrons. The van der Waals surface area contributed by atoms with Crippen molar-refractivity contribution < 1.29 is 144 Å². The number of hydrogen-bond donors (Lipinski definition) is 20. The molecule has 30 nitrogen and oxygen atoms in total. The van der Waals surface area contributed by atoms with Crippen LogP contribution in [0.25, 0.3) is 0 Å². The maximum atomic E-state index is 11.2. The van der Waals surface area contributed by atoms with Crippen molar-refractivity contribution in [1.29, 1.82) is 0 Å². The molecule has 0 radical (unpaired) electrons. The number of aliphatic hydroxyl groups is 19. The van der Waals surface area contributed by atoms with E-state index in [2.05, 4.69) is 5.32 Å². The molecular weight excluding hydrogens is 910 g/mol. The zero-order valence-electron chi connectivity index (χ0n) is 34.9. The van der Waals surface area contributed by atoms with Gasteiger partial charge >= 0.3 is 0 Å². The van der Waals surface area contributed by atoms with Crippen LogP contribution in [0.4, 0.5) is 0 Å². The minimum atomic E-state index is -2.07. The van der Waals surface area contributed by atoms with Gasteiger partial charge in [-0.05, 0) is 6.92 Å². The first-order valence-corrected chi connectivity index (χ1v) is 21.1. The first-order valence-electron chi connectivity index (χ1n) is 21.1. The van der Waals surface area contributed by atoms with E-state index >= 15 is 0 Å². The van der Waals surface area contributed by atoms with Gasteiger partial charge in [0.1, 0.15) is 141 Å². The van der Waals surface area contributed by atoms with Gasteiger partial charge in [0.05, 0.1) is 45.2 Å². The van der Waals surface area contributed by atoms with Gasteiger partial charge in [0.15, 0.2) is 31.5 Å². The van der Waals surface area contributed by atoms with Crippen molar-refractivity contribution in [1.82, 2.24) is 5.32 Å². The number of nitrogens with one attached hydrogen (secondary N) is 1. The predicted octanol–water partition coefficient (Wildman–Crippen LogP) is -13.5. The number of ether oxygens (including phenoxy) is 10. The Balaban J connectivity index is 1.05. The van der Waals surface area contributed by atoms with E-state index in [1.54, 1.807) is 0 Å². The lowest BCUT2D eigenvalue weighted by Gasteiger charge is -2.50. The Hall–Kier alpha value is -1.20. The number of aliphatic hydroxyl groups excluding tert-OH is 19. The molecule has 6 fully saturated rings. The standard InChI is InChI=1S/C36H63NO29/c1-7-13(15(44)23(52)33(57-7)63-29-11(5-41)61-36(25(54)19(29)48)65-28-10(4-40)59-32(56)22(51)18(28)47)37-31-21(50)17(46)27(9(3-39)58-31)64-35-26(55)20(49)30(12(6-42)62-35)66-34-24(53)16(45)14(43)8(2-38)60-34/h7-56H,2-6H2,1H3/t7-,8-,9-,10-,11-,12-,13-,14-,15+,16+,17-,18-,19-,20-,21-,22-,23-,24-,25-,26-,27-,28-,29-,30-,31+,32-,33-,34-,35-,36-/m1/s1. The Morgan fingerprint density at radius 3 is 1.11 bits per heavy atom. The second kappa shape index (κ2) is 22.9. The summed E-state index contributed by atoms with van der Waals surface area (Å²) >= 11 is 0. The Bertz CT molecular complexity index is 1490. The van der Waals surface area contributed by atoms with E-state index in [9.17, 15) is 97.0 Å². The van der Waals surface area contributed by atoms with Crippen LogP contribution >= 0.6 is 0 Å². The Morgan fingerprint density at radius 2 is 0.667 bits per heavy atom. The van der Waals surface area contributed by atoms with Gasteiger partial charge in [-0.25, -0.2) is 0 Å². The van der Waals surface area contributed by atoms with Crippen molar-refractivity contribution in [2.45, 2.75) is 191 Å². The fraction of sp³-hybridized carbons (Fsp3) is 1.00. The van der Waals surface area contributed by atoms with Crippen LogP contribution in [0.15, 0.2) is 0 Å². The van der Waals surface area contributed by atoms with E-state index in [0.717, 1.165) is 0 Å². The summed E-state index contributed by atoms with van der Waals surface area (Å²) in [5, 5.41) is 202. The highest BCUT2D eigenvalue weighted by Gasteiger charge is 2.56. The molecule has 0 aromatic rings. The van der Waals surface area contributed by atoms with Gasteiger partial charge in [0, 0.05) is 0 Å². The van der Waals surface area contributed by atoms with Gasteiger partial charge in [-0.3, -0.25) is 5.32 Å². The van der Waals surface area contributed by atoms with Crippen LogP contribution in [0.2, 0.25) is 0 Å². The summed E-state index contributed by atoms with van der Waals surface area (Å²) in [6.07, 6.45) is -51.8. The average molecular weight is 974 g/mol. The zero-order chi connectivity index (χ0) is 48.6. The van der Waals surface area contributed by atoms with Gasteiger partial charge in [0.2, 0.25) is 0 Å². The fourth-order valence-corrected chi connectivity index (χ4v) is 8.66. The molecule has 6 aliphatic rings. The monoisotopic (exact) mass is 973 g/mol. The van der Waals surface area contributed by atoms with E-state index in [-0.39, 0.29) is 0 Å². The maximum Gasteiger partial charge on any atom is 0.187 e. The molecule has 0 saturated carbocycles. The summed E-state index contributed by atoms with van der Waals surface area (Å²) < 4.78 is 55.4. The largest absolute Gasteiger partial charge is 0.394 e. The minimum absolute atomic E-state index is 0.814. The summed E-state index contributed by atoms with van der Waals surface area (Å²) in [6, 6.07) is -1.37. The van der Waals surface area contributed by atoms with Crippen molar-refractivity contribution in [3.63, 3.8) is 0 Å². The number of rotatable bonds is 15. The van der Waals surface area contributed by atoms with Gasteiger partial charge < -0.3 is 144 Å². The molecule has 0 aliphatic carbocycles. The molecule has 30 atom stereocenters. The minimum Gasteiger partial charge on any atom is -0.394 e. The van der Waals surface area contributed by atoms with Crippen molar-refractivity contribution >= 4 is 0 Å². The van der Waals surface area contributed by atoms with Crippen molar-refractivity contribution in [2.24, 2.45) is 0 Å². The third-order valence-electron chi connectivity index (χ3n) is 12.6. The van der Waals surface area contributed by atoms with Crippen LogP contribution in [0, 0.1) is 0 Å². The Morgan fingerprint density at radius 1 is 0.333 bits per heavy atom. The van der Waals surface area contributed by atoms with E-state index in [1.807, 2.05) is 0 Å². The quantitative estimate of drug-likeness (QED) is 0.0724. The van der Waals surface area contributed by atoms with Crippen LogP contribution in [0.5, 0.6) is 0 Å². The molecule has 20 N–H and O–H groups in total.